The summed E-state index contributed by atoms with van der Waals surface area (Å²) in [7, 11) is 0. The Morgan fingerprint density at radius 2 is 1.95 bits per heavy atom. The largest absolute Gasteiger partial charge is 0.310 e. The van der Waals surface area contributed by atoms with Gasteiger partial charge in [0.15, 0.2) is 4.34 Å². The van der Waals surface area contributed by atoms with Crippen molar-refractivity contribution >= 4 is 62.4 Å². The molecule has 206 valence electrons. The van der Waals surface area contributed by atoms with Gasteiger partial charge in [-0.05, 0) is 42.7 Å². The SMILES string of the molecule is CCCCCCn1c(=N)c(C(=O)Nc2nnc(SCc3ccccc3Cl)s2)cc2c(=O)n3cccc(C)c3nc21. The van der Waals surface area contributed by atoms with Crippen LogP contribution in [-0.4, -0.2) is 30.1 Å². The molecule has 0 bridgehead atoms. The van der Waals surface area contributed by atoms with Gasteiger partial charge in [-0.3, -0.25) is 24.7 Å². The number of unbranched alkanes of at least 4 members (excludes halogenated alkanes) is 3. The maximum Gasteiger partial charge on any atom is 0.267 e. The molecular weight excluding hydrogens is 566 g/mol. The predicted molar refractivity (Wildman–Crippen MR) is 161 cm³/mol. The normalized spacial score (nSPS) is 11.4. The van der Waals surface area contributed by atoms with Crippen molar-refractivity contribution in [3.05, 3.63) is 86.2 Å². The van der Waals surface area contributed by atoms with Gasteiger partial charge in [-0.2, -0.15) is 0 Å². The van der Waals surface area contributed by atoms with Crippen molar-refractivity contribution in [3.63, 3.8) is 0 Å². The van der Waals surface area contributed by atoms with Gasteiger partial charge in [-0.1, -0.05) is 85.2 Å². The molecule has 5 rings (SSSR count). The smallest absolute Gasteiger partial charge is 0.267 e. The third-order valence-electron chi connectivity index (χ3n) is 6.55. The minimum Gasteiger partial charge on any atom is -0.310 e. The number of hydrogen-bond acceptors (Lipinski definition) is 8. The fraction of sp³-hybridized carbons (Fsp3) is 0.286. The lowest BCUT2D eigenvalue weighted by Crippen LogP contribution is -2.32. The highest BCUT2D eigenvalue weighted by atomic mass is 35.5. The van der Waals surface area contributed by atoms with Crippen LogP contribution < -0.4 is 16.4 Å². The summed E-state index contributed by atoms with van der Waals surface area (Å²) in [5.41, 5.74) is 2.58. The van der Waals surface area contributed by atoms with E-state index in [1.165, 1.54) is 33.6 Å². The molecule has 0 unspecified atom stereocenters. The monoisotopic (exact) mass is 593 g/mol. The summed E-state index contributed by atoms with van der Waals surface area (Å²) in [5.74, 6) is 0.0911. The number of carbonyl (C=O) groups excluding carboxylic acids is 1. The summed E-state index contributed by atoms with van der Waals surface area (Å²) in [6.45, 7) is 4.51. The number of aryl methyl sites for hydroxylation is 2. The number of amides is 1. The number of carbonyl (C=O) groups is 1. The van der Waals surface area contributed by atoms with E-state index in [1.54, 1.807) is 16.8 Å². The number of thioether (sulfide) groups is 1. The van der Waals surface area contributed by atoms with Gasteiger partial charge in [0.25, 0.3) is 11.5 Å². The highest BCUT2D eigenvalue weighted by molar-refractivity contribution is 8.00. The average Bonchev–Trinajstić information content (AvgIpc) is 3.39. The van der Waals surface area contributed by atoms with Gasteiger partial charge in [0.2, 0.25) is 5.13 Å². The van der Waals surface area contributed by atoms with Gasteiger partial charge in [0, 0.05) is 23.5 Å². The Hall–Kier alpha value is -3.54. The van der Waals surface area contributed by atoms with Gasteiger partial charge < -0.3 is 4.57 Å². The van der Waals surface area contributed by atoms with Gasteiger partial charge in [0.1, 0.15) is 16.8 Å². The minimum atomic E-state index is -0.526. The van der Waals surface area contributed by atoms with E-state index in [2.05, 4.69) is 22.4 Å². The summed E-state index contributed by atoms with van der Waals surface area (Å²) < 4.78 is 3.84. The number of anilines is 1. The molecule has 0 spiro atoms. The number of nitrogens with one attached hydrogen (secondary N) is 2. The molecule has 9 nitrogen and oxygen atoms in total. The Labute approximate surface area is 243 Å². The average molecular weight is 594 g/mol. The van der Waals surface area contributed by atoms with E-state index in [4.69, 9.17) is 22.0 Å². The van der Waals surface area contributed by atoms with Crippen LogP contribution in [0.5, 0.6) is 0 Å². The molecule has 4 heterocycles. The van der Waals surface area contributed by atoms with Crippen LogP contribution in [0.2, 0.25) is 5.02 Å². The van der Waals surface area contributed by atoms with Gasteiger partial charge in [-0.15, -0.1) is 10.2 Å². The van der Waals surface area contributed by atoms with E-state index in [1.807, 2.05) is 37.3 Å². The van der Waals surface area contributed by atoms with E-state index in [9.17, 15) is 9.59 Å². The van der Waals surface area contributed by atoms with Crippen LogP contribution in [0.4, 0.5) is 5.13 Å². The molecule has 0 aliphatic heterocycles. The minimum absolute atomic E-state index is 0.00386. The molecule has 40 heavy (non-hydrogen) atoms. The zero-order valence-corrected chi connectivity index (χ0v) is 24.5. The van der Waals surface area contributed by atoms with Gasteiger partial charge in [-0.25, -0.2) is 4.98 Å². The highest BCUT2D eigenvalue weighted by Crippen LogP contribution is 2.30. The summed E-state index contributed by atoms with van der Waals surface area (Å²) in [4.78, 5) is 31.7. The third kappa shape index (κ3) is 5.81. The van der Waals surface area contributed by atoms with Crippen LogP contribution in [0.25, 0.3) is 16.7 Å². The molecule has 0 atom stereocenters. The molecule has 2 N–H and O–H groups in total. The van der Waals surface area contributed by atoms with Crippen LogP contribution in [-0.2, 0) is 12.3 Å². The second-order valence-electron chi connectivity index (χ2n) is 9.37. The van der Waals surface area contributed by atoms with Crippen LogP contribution in [0.3, 0.4) is 0 Å². The Bertz CT molecular complexity index is 1830. The molecule has 4 aromatic heterocycles. The fourth-order valence-corrected chi connectivity index (χ4v) is 6.45. The number of fused-ring (bicyclic) bond motifs is 2. The summed E-state index contributed by atoms with van der Waals surface area (Å²) >= 11 is 8.96. The molecule has 0 saturated carbocycles. The Morgan fingerprint density at radius 1 is 1.12 bits per heavy atom. The Balaban J connectivity index is 1.47. The van der Waals surface area contributed by atoms with Crippen molar-refractivity contribution in [2.24, 2.45) is 0 Å². The molecule has 12 heteroatoms. The van der Waals surface area contributed by atoms with Gasteiger partial charge >= 0.3 is 0 Å². The summed E-state index contributed by atoms with van der Waals surface area (Å²) in [5, 5.41) is 21.2. The van der Waals surface area contributed by atoms with Crippen LogP contribution in [0.15, 0.2) is 57.8 Å². The Kier molecular flexibility index (Phi) is 8.63. The van der Waals surface area contributed by atoms with Crippen molar-refractivity contribution in [1.82, 2.24) is 24.1 Å². The van der Waals surface area contributed by atoms with Crippen molar-refractivity contribution in [1.29, 1.82) is 5.41 Å². The number of aromatic nitrogens is 5. The zero-order chi connectivity index (χ0) is 28.2. The van der Waals surface area contributed by atoms with Crippen molar-refractivity contribution in [2.45, 2.75) is 56.2 Å². The van der Waals surface area contributed by atoms with E-state index < -0.39 is 5.91 Å². The number of halogens is 1. The van der Waals surface area contributed by atoms with Crippen molar-refractivity contribution in [3.8, 4) is 0 Å². The van der Waals surface area contributed by atoms with E-state index >= 15 is 0 Å². The van der Waals surface area contributed by atoms with E-state index in [0.29, 0.717) is 38.1 Å². The van der Waals surface area contributed by atoms with Gasteiger partial charge in [0.05, 0.1) is 10.9 Å². The molecule has 5 aromatic rings. The number of nitrogens with zero attached hydrogens (tertiary/aromatic N) is 5. The first-order valence-corrected chi connectivity index (χ1v) is 15.2. The zero-order valence-electron chi connectivity index (χ0n) is 22.1. The molecule has 0 radical (unpaired) electrons. The summed E-state index contributed by atoms with van der Waals surface area (Å²) in [6.07, 6.45) is 5.59. The second-order valence-corrected chi connectivity index (χ2v) is 12.0. The molecule has 1 amide bonds. The quantitative estimate of drug-likeness (QED) is 0.0878. The third-order valence-corrected chi connectivity index (χ3v) is 8.94. The molecule has 0 aliphatic carbocycles. The first-order valence-electron chi connectivity index (χ1n) is 13.0. The number of rotatable bonds is 10. The van der Waals surface area contributed by atoms with E-state index in [-0.39, 0.29) is 22.0 Å². The predicted octanol–water partition coefficient (Wildman–Crippen LogP) is 6.07. The molecular formula is C28H28ClN7O2S2. The second kappa shape index (κ2) is 12.3. The number of hydrogen-bond donors (Lipinski definition) is 2. The van der Waals surface area contributed by atoms with E-state index in [0.717, 1.165) is 36.8 Å². The first-order chi connectivity index (χ1) is 19.4. The maximum absolute atomic E-state index is 13.5. The Morgan fingerprint density at radius 3 is 2.75 bits per heavy atom. The number of benzene rings is 1. The molecule has 0 saturated heterocycles. The fourth-order valence-electron chi connectivity index (χ4n) is 4.42. The standard InChI is InChI=1S/C28H28ClN7O2S2/c1-3-4-5-8-13-35-22(30)19(15-20-24(35)31-23-17(2)10-9-14-36(23)26(20)38)25(37)32-27-33-34-28(40-27)39-16-18-11-6-7-12-21(18)29/h6-7,9-12,14-15,30H,3-5,8,13,16H2,1-2H3,(H,32,33,37). The van der Waals surface area contributed by atoms with Crippen molar-refractivity contribution < 1.29 is 4.79 Å². The molecule has 1 aromatic carbocycles. The summed E-state index contributed by atoms with van der Waals surface area (Å²) in [6, 6.07) is 12.8. The molecule has 0 fully saturated rings. The van der Waals surface area contributed by atoms with Crippen LogP contribution in [0.1, 0.15) is 54.1 Å². The van der Waals surface area contributed by atoms with Crippen LogP contribution >= 0.6 is 34.7 Å². The lowest BCUT2D eigenvalue weighted by atomic mass is 10.1. The van der Waals surface area contributed by atoms with Crippen LogP contribution in [0, 0.1) is 12.3 Å². The van der Waals surface area contributed by atoms with Crippen molar-refractivity contribution in [2.75, 3.05) is 5.32 Å². The number of pyridine rings is 2. The molecule has 0 aliphatic rings. The first kappa shape index (κ1) is 28.0. The maximum atomic E-state index is 13.5. The lowest BCUT2D eigenvalue weighted by Gasteiger charge is -2.15. The lowest BCUT2D eigenvalue weighted by molar-refractivity contribution is 0.102. The topological polar surface area (TPSA) is 118 Å². The highest BCUT2D eigenvalue weighted by Gasteiger charge is 2.19.